The molecule has 0 saturated carbocycles. The Balaban J connectivity index is 1.81. The van der Waals surface area contributed by atoms with Gasteiger partial charge >= 0.3 is 0 Å². The summed E-state index contributed by atoms with van der Waals surface area (Å²) in [5, 5.41) is 3.03. The topological polar surface area (TPSA) is 79.8 Å². The van der Waals surface area contributed by atoms with Crippen LogP contribution in [0.2, 0.25) is 0 Å². The molecule has 1 unspecified atom stereocenters. The lowest BCUT2D eigenvalue weighted by atomic mass is 10.4. The minimum Gasteiger partial charge on any atom is -0.375 e. The number of hydrogen-bond acceptors (Lipinski definition) is 7. The van der Waals surface area contributed by atoms with E-state index < -0.39 is 0 Å². The Morgan fingerprint density at radius 2 is 2.24 bits per heavy atom. The Bertz CT molecular complexity index is 739. The quantitative estimate of drug-likeness (QED) is 0.778. The van der Waals surface area contributed by atoms with Gasteiger partial charge < -0.3 is 14.6 Å². The van der Waals surface area contributed by atoms with Gasteiger partial charge in [0.15, 0.2) is 11.5 Å². The van der Waals surface area contributed by atoms with E-state index in [2.05, 4.69) is 24.9 Å². The summed E-state index contributed by atoms with van der Waals surface area (Å²) in [5.41, 5.74) is 2.49. The highest BCUT2D eigenvalue weighted by Crippen LogP contribution is 2.23. The van der Waals surface area contributed by atoms with Crippen LogP contribution < -0.4 is 4.90 Å². The number of thiazole rings is 1. The molecule has 3 aromatic heterocycles. The van der Waals surface area contributed by atoms with Crippen LogP contribution in [-0.4, -0.2) is 39.1 Å². The third-order valence-corrected chi connectivity index (χ3v) is 4.29. The lowest BCUT2D eigenvalue weighted by Crippen LogP contribution is -2.18. The first-order valence-corrected chi connectivity index (χ1v) is 7.39. The summed E-state index contributed by atoms with van der Waals surface area (Å²) in [4.78, 5) is 22.3. The summed E-state index contributed by atoms with van der Waals surface area (Å²) < 4.78 is 5.29. The van der Waals surface area contributed by atoms with Crippen molar-refractivity contribution in [1.29, 1.82) is 0 Å². The van der Waals surface area contributed by atoms with Crippen molar-refractivity contribution in [2.75, 3.05) is 19.1 Å². The second-order valence-corrected chi connectivity index (χ2v) is 5.60. The van der Waals surface area contributed by atoms with Crippen LogP contribution in [0.15, 0.2) is 18.0 Å². The van der Waals surface area contributed by atoms with Gasteiger partial charge in [0.2, 0.25) is 0 Å². The maximum absolute atomic E-state index is 5.29. The molecule has 0 fully saturated rings. The van der Waals surface area contributed by atoms with Crippen LogP contribution in [-0.2, 0) is 11.3 Å². The normalized spacial score (nSPS) is 12.7. The van der Waals surface area contributed by atoms with Crippen molar-refractivity contribution >= 4 is 28.3 Å². The Hall–Kier alpha value is -2.06. The van der Waals surface area contributed by atoms with E-state index >= 15 is 0 Å². The van der Waals surface area contributed by atoms with Gasteiger partial charge in [-0.15, -0.1) is 11.3 Å². The van der Waals surface area contributed by atoms with E-state index in [0.717, 1.165) is 22.0 Å². The number of nitrogens with zero attached hydrogens (tertiary/aromatic N) is 5. The molecule has 0 aliphatic rings. The van der Waals surface area contributed by atoms with E-state index in [1.165, 1.54) is 6.33 Å². The molecule has 1 atom stereocenters. The molecule has 0 bridgehead atoms. The fraction of sp³-hybridized carbons (Fsp3) is 0.385. The predicted molar refractivity (Wildman–Crippen MR) is 81.3 cm³/mol. The van der Waals surface area contributed by atoms with Crippen molar-refractivity contribution in [3.63, 3.8) is 0 Å². The van der Waals surface area contributed by atoms with Gasteiger partial charge in [0.25, 0.3) is 0 Å². The molecule has 3 rings (SSSR count). The Kier molecular flexibility index (Phi) is 3.80. The number of H-pyrrole nitrogens is 1. The van der Waals surface area contributed by atoms with Crippen molar-refractivity contribution in [3.05, 3.63) is 28.7 Å². The van der Waals surface area contributed by atoms with E-state index in [1.807, 2.05) is 24.3 Å². The standard InChI is InChI=1S/C13H16N6OS/c1-8(20-3)13-18-9(5-21-13)4-19(2)12-10-11(15-6-14-10)16-7-17-12/h5-8H,4H2,1-3H3,(H,14,15,16,17). The van der Waals surface area contributed by atoms with E-state index in [-0.39, 0.29) is 6.10 Å². The number of aromatic amines is 1. The molecule has 8 heteroatoms. The minimum atomic E-state index is 0.0208. The molecule has 21 heavy (non-hydrogen) atoms. The minimum absolute atomic E-state index is 0.0208. The van der Waals surface area contributed by atoms with Crippen LogP contribution in [0.3, 0.4) is 0 Å². The van der Waals surface area contributed by atoms with Crippen LogP contribution in [0.4, 0.5) is 5.82 Å². The SMILES string of the molecule is COC(C)c1nc(CN(C)c2ncnc3nc[nH]c23)cs1. The molecule has 0 amide bonds. The van der Waals surface area contributed by atoms with Crippen molar-refractivity contribution < 1.29 is 4.74 Å². The van der Waals surface area contributed by atoms with Gasteiger partial charge in [-0.3, -0.25) is 0 Å². The van der Waals surface area contributed by atoms with Crippen LogP contribution >= 0.6 is 11.3 Å². The molecule has 0 aromatic carbocycles. The zero-order valence-corrected chi connectivity index (χ0v) is 12.9. The number of fused-ring (bicyclic) bond motifs is 1. The van der Waals surface area contributed by atoms with Crippen LogP contribution in [0.1, 0.15) is 23.7 Å². The molecular weight excluding hydrogens is 288 g/mol. The highest BCUT2D eigenvalue weighted by molar-refractivity contribution is 7.09. The Labute approximate surface area is 126 Å². The summed E-state index contributed by atoms with van der Waals surface area (Å²) in [6.07, 6.45) is 3.17. The summed E-state index contributed by atoms with van der Waals surface area (Å²) >= 11 is 1.61. The second-order valence-electron chi connectivity index (χ2n) is 4.71. The molecule has 110 valence electrons. The Morgan fingerprint density at radius 3 is 3.05 bits per heavy atom. The molecule has 0 aliphatic heterocycles. The van der Waals surface area contributed by atoms with Crippen LogP contribution in [0, 0.1) is 0 Å². The highest BCUT2D eigenvalue weighted by Gasteiger charge is 2.14. The molecule has 0 saturated heterocycles. The van der Waals surface area contributed by atoms with Gasteiger partial charge in [0.1, 0.15) is 23.0 Å². The summed E-state index contributed by atoms with van der Waals surface area (Å²) in [6, 6.07) is 0. The van der Waals surface area contributed by atoms with Gasteiger partial charge in [-0.1, -0.05) is 0 Å². The van der Waals surface area contributed by atoms with Crippen molar-refractivity contribution in [1.82, 2.24) is 24.9 Å². The molecule has 1 N–H and O–H groups in total. The number of hydrogen-bond donors (Lipinski definition) is 1. The number of rotatable bonds is 5. The summed E-state index contributed by atoms with van der Waals surface area (Å²) in [7, 11) is 3.66. The number of imidazole rings is 1. The lowest BCUT2D eigenvalue weighted by Gasteiger charge is -2.16. The smallest absolute Gasteiger partial charge is 0.182 e. The maximum Gasteiger partial charge on any atom is 0.182 e. The summed E-state index contributed by atoms with van der Waals surface area (Å²) in [5.74, 6) is 0.812. The summed E-state index contributed by atoms with van der Waals surface area (Å²) in [6.45, 7) is 2.66. The van der Waals surface area contributed by atoms with Gasteiger partial charge in [-0.05, 0) is 6.92 Å². The molecule has 7 nitrogen and oxygen atoms in total. The first-order valence-electron chi connectivity index (χ1n) is 6.51. The largest absolute Gasteiger partial charge is 0.375 e. The third kappa shape index (κ3) is 2.72. The Morgan fingerprint density at radius 1 is 1.38 bits per heavy atom. The van der Waals surface area contributed by atoms with Gasteiger partial charge in [-0.25, -0.2) is 19.9 Å². The number of anilines is 1. The maximum atomic E-state index is 5.29. The van der Waals surface area contributed by atoms with Gasteiger partial charge in [0, 0.05) is 19.5 Å². The second kappa shape index (κ2) is 5.74. The molecular formula is C13H16N6OS. The number of aromatic nitrogens is 5. The van der Waals surface area contributed by atoms with E-state index in [1.54, 1.807) is 24.8 Å². The highest BCUT2D eigenvalue weighted by atomic mass is 32.1. The zero-order valence-electron chi connectivity index (χ0n) is 12.1. The number of ether oxygens (including phenoxy) is 1. The first kappa shape index (κ1) is 13.9. The molecule has 3 aromatic rings. The fourth-order valence-corrected chi connectivity index (χ4v) is 2.88. The lowest BCUT2D eigenvalue weighted by molar-refractivity contribution is 0.119. The van der Waals surface area contributed by atoms with E-state index in [4.69, 9.17) is 4.74 Å². The van der Waals surface area contributed by atoms with Gasteiger partial charge in [0.05, 0.1) is 18.6 Å². The molecule has 3 heterocycles. The van der Waals surface area contributed by atoms with Crippen molar-refractivity contribution in [2.45, 2.75) is 19.6 Å². The predicted octanol–water partition coefficient (Wildman–Crippen LogP) is 2.15. The molecule has 0 spiro atoms. The van der Waals surface area contributed by atoms with Gasteiger partial charge in [-0.2, -0.15) is 0 Å². The molecule has 0 radical (unpaired) electrons. The number of nitrogens with one attached hydrogen (secondary N) is 1. The van der Waals surface area contributed by atoms with Crippen molar-refractivity contribution in [2.24, 2.45) is 0 Å². The van der Waals surface area contributed by atoms with Crippen molar-refractivity contribution in [3.8, 4) is 0 Å². The van der Waals surface area contributed by atoms with E-state index in [0.29, 0.717) is 12.2 Å². The monoisotopic (exact) mass is 304 g/mol. The molecule has 0 aliphatic carbocycles. The zero-order chi connectivity index (χ0) is 14.8. The third-order valence-electron chi connectivity index (χ3n) is 3.23. The average molecular weight is 304 g/mol. The fourth-order valence-electron chi connectivity index (χ4n) is 2.04. The van der Waals surface area contributed by atoms with Crippen LogP contribution in [0.5, 0.6) is 0 Å². The first-order chi connectivity index (χ1) is 10.2. The number of methoxy groups -OCH3 is 1. The average Bonchev–Trinajstić information content (AvgIpc) is 3.14. The van der Waals surface area contributed by atoms with Crippen LogP contribution in [0.25, 0.3) is 11.2 Å². The van der Waals surface area contributed by atoms with E-state index in [9.17, 15) is 0 Å².